The van der Waals surface area contributed by atoms with Crippen LogP contribution in [0, 0.1) is 0 Å². The molecule has 3 nitrogen and oxygen atoms in total. The zero-order valence-corrected chi connectivity index (χ0v) is 15.0. The average Bonchev–Trinajstić information content (AvgIpc) is 2.53. The van der Waals surface area contributed by atoms with Crippen molar-refractivity contribution in [1.82, 2.24) is 5.32 Å². The number of nitrogens with one attached hydrogen (secondary N) is 2. The Bertz CT molecular complexity index is 663. The van der Waals surface area contributed by atoms with Gasteiger partial charge in [0.15, 0.2) is 5.11 Å². The molecule has 0 atom stereocenters. The molecule has 0 radical (unpaired) electrons. The predicted octanol–water partition coefficient (Wildman–Crippen LogP) is 4.48. The van der Waals surface area contributed by atoms with Crippen LogP contribution in [0.25, 0.3) is 0 Å². The van der Waals surface area contributed by atoms with Gasteiger partial charge in [0.1, 0.15) is 5.75 Å². The maximum Gasteiger partial charge on any atom is 0.171 e. The monoisotopic (exact) mass is 328 g/mol. The second kappa shape index (κ2) is 7.47. The molecule has 2 aromatic carbocycles. The molecule has 0 spiro atoms. The standard InChI is InChI=1S/C19H24N2OS/c1-19(2,3)15-10-11-17(22-4)16(12-15)21-18(23)20-13-14-8-6-5-7-9-14/h5-12H,13H2,1-4H3,(H2,20,21,23). The summed E-state index contributed by atoms with van der Waals surface area (Å²) in [6.45, 7) is 7.24. The van der Waals surface area contributed by atoms with Gasteiger partial charge in [-0.25, -0.2) is 0 Å². The second-order valence-corrected chi connectivity index (χ2v) is 6.87. The molecular weight excluding hydrogens is 304 g/mol. The maximum atomic E-state index is 5.43. The molecule has 4 heteroatoms. The third-order valence-corrected chi connectivity index (χ3v) is 3.86. The van der Waals surface area contributed by atoms with Gasteiger partial charge >= 0.3 is 0 Å². The Labute approximate surface area is 144 Å². The van der Waals surface area contributed by atoms with Crippen molar-refractivity contribution in [2.45, 2.75) is 32.7 Å². The first-order chi connectivity index (χ1) is 10.9. The van der Waals surface area contributed by atoms with Gasteiger partial charge in [0.05, 0.1) is 12.8 Å². The van der Waals surface area contributed by atoms with E-state index in [1.54, 1.807) is 7.11 Å². The number of ether oxygens (including phenoxy) is 1. The van der Waals surface area contributed by atoms with Crippen LogP contribution in [-0.2, 0) is 12.0 Å². The Morgan fingerprint density at radius 1 is 1.09 bits per heavy atom. The number of hydrogen-bond donors (Lipinski definition) is 2. The molecule has 0 aliphatic carbocycles. The molecule has 0 fully saturated rings. The van der Waals surface area contributed by atoms with Crippen LogP contribution in [0.2, 0.25) is 0 Å². The fourth-order valence-electron chi connectivity index (χ4n) is 2.22. The van der Waals surface area contributed by atoms with E-state index in [4.69, 9.17) is 17.0 Å². The van der Waals surface area contributed by atoms with Crippen molar-refractivity contribution >= 4 is 23.0 Å². The highest BCUT2D eigenvalue weighted by Crippen LogP contribution is 2.31. The normalized spacial score (nSPS) is 11.0. The summed E-state index contributed by atoms with van der Waals surface area (Å²) in [5, 5.41) is 7.04. The summed E-state index contributed by atoms with van der Waals surface area (Å²) < 4.78 is 5.43. The van der Waals surface area contributed by atoms with E-state index in [1.807, 2.05) is 24.3 Å². The summed E-state index contributed by atoms with van der Waals surface area (Å²) in [5.74, 6) is 0.780. The number of methoxy groups -OCH3 is 1. The van der Waals surface area contributed by atoms with Crippen LogP contribution in [-0.4, -0.2) is 12.2 Å². The molecule has 23 heavy (non-hydrogen) atoms. The van der Waals surface area contributed by atoms with Crippen molar-refractivity contribution in [3.05, 3.63) is 59.7 Å². The van der Waals surface area contributed by atoms with E-state index in [9.17, 15) is 0 Å². The predicted molar refractivity (Wildman–Crippen MR) is 101 cm³/mol. The van der Waals surface area contributed by atoms with Gasteiger partial charge in [0.2, 0.25) is 0 Å². The van der Waals surface area contributed by atoms with E-state index >= 15 is 0 Å². The van der Waals surface area contributed by atoms with Gasteiger partial charge in [-0.1, -0.05) is 57.2 Å². The lowest BCUT2D eigenvalue weighted by Gasteiger charge is -2.22. The molecule has 0 saturated heterocycles. The molecule has 0 aliphatic rings. The average molecular weight is 328 g/mol. The molecule has 0 bridgehead atoms. The third kappa shape index (κ3) is 4.96. The number of rotatable bonds is 4. The maximum absolute atomic E-state index is 5.43. The van der Waals surface area contributed by atoms with Crippen LogP contribution in [0.4, 0.5) is 5.69 Å². The van der Waals surface area contributed by atoms with Crippen LogP contribution in [0.3, 0.4) is 0 Å². The molecule has 0 unspecified atom stereocenters. The zero-order valence-electron chi connectivity index (χ0n) is 14.1. The number of benzene rings is 2. The van der Waals surface area contributed by atoms with Crippen LogP contribution in [0.5, 0.6) is 5.75 Å². The Morgan fingerprint density at radius 2 is 1.78 bits per heavy atom. The smallest absolute Gasteiger partial charge is 0.171 e. The Kier molecular flexibility index (Phi) is 5.61. The van der Waals surface area contributed by atoms with Crippen LogP contribution in [0.15, 0.2) is 48.5 Å². The molecule has 2 aromatic rings. The minimum Gasteiger partial charge on any atom is -0.495 e. The fraction of sp³-hybridized carbons (Fsp3) is 0.316. The SMILES string of the molecule is COc1ccc(C(C)(C)C)cc1NC(=S)NCc1ccccc1. The van der Waals surface area contributed by atoms with Gasteiger partial charge in [-0.05, 0) is 40.9 Å². The zero-order chi connectivity index (χ0) is 16.9. The number of thiocarbonyl (C=S) groups is 1. The van der Waals surface area contributed by atoms with Crippen molar-refractivity contribution in [2.24, 2.45) is 0 Å². The van der Waals surface area contributed by atoms with Crippen LogP contribution >= 0.6 is 12.2 Å². The topological polar surface area (TPSA) is 33.3 Å². The van der Waals surface area contributed by atoms with Gasteiger partial charge in [-0.15, -0.1) is 0 Å². The molecular formula is C19H24N2OS. The van der Waals surface area contributed by atoms with Crippen molar-refractivity contribution in [1.29, 1.82) is 0 Å². The first-order valence-corrected chi connectivity index (χ1v) is 8.08. The quantitative estimate of drug-likeness (QED) is 0.811. The van der Waals surface area contributed by atoms with Gasteiger partial charge in [-0.2, -0.15) is 0 Å². The highest BCUT2D eigenvalue weighted by molar-refractivity contribution is 7.80. The van der Waals surface area contributed by atoms with E-state index < -0.39 is 0 Å². The van der Waals surface area contributed by atoms with Crippen molar-refractivity contribution < 1.29 is 4.74 Å². The largest absolute Gasteiger partial charge is 0.495 e. The first-order valence-electron chi connectivity index (χ1n) is 7.67. The summed E-state index contributed by atoms with van der Waals surface area (Å²) >= 11 is 5.40. The lowest BCUT2D eigenvalue weighted by molar-refractivity contribution is 0.416. The van der Waals surface area contributed by atoms with Crippen molar-refractivity contribution in [2.75, 3.05) is 12.4 Å². The van der Waals surface area contributed by atoms with Gasteiger partial charge < -0.3 is 15.4 Å². The van der Waals surface area contributed by atoms with Crippen molar-refractivity contribution in [3.8, 4) is 5.75 Å². The van der Waals surface area contributed by atoms with Crippen LogP contribution in [0.1, 0.15) is 31.9 Å². The minimum absolute atomic E-state index is 0.0712. The number of hydrogen-bond acceptors (Lipinski definition) is 2. The summed E-state index contributed by atoms with van der Waals surface area (Å²) in [5.41, 5.74) is 3.37. The molecule has 2 N–H and O–H groups in total. The van der Waals surface area contributed by atoms with E-state index in [1.165, 1.54) is 11.1 Å². The summed E-state index contributed by atoms with van der Waals surface area (Å²) in [7, 11) is 1.66. The third-order valence-electron chi connectivity index (χ3n) is 3.61. The van der Waals surface area contributed by atoms with Gasteiger partial charge in [0, 0.05) is 6.54 Å². The van der Waals surface area contributed by atoms with Crippen LogP contribution < -0.4 is 15.4 Å². The number of anilines is 1. The van der Waals surface area contributed by atoms with E-state index in [0.717, 1.165) is 11.4 Å². The first kappa shape index (κ1) is 17.3. The Balaban J connectivity index is 2.07. The lowest BCUT2D eigenvalue weighted by atomic mass is 9.87. The van der Waals surface area contributed by atoms with E-state index in [2.05, 4.69) is 55.7 Å². The molecule has 0 aliphatic heterocycles. The Morgan fingerprint density at radius 3 is 2.39 bits per heavy atom. The van der Waals surface area contributed by atoms with E-state index in [-0.39, 0.29) is 5.41 Å². The lowest BCUT2D eigenvalue weighted by Crippen LogP contribution is -2.28. The minimum atomic E-state index is 0.0712. The molecule has 0 heterocycles. The van der Waals surface area contributed by atoms with Gasteiger partial charge in [0.25, 0.3) is 0 Å². The molecule has 0 saturated carbocycles. The molecule has 0 aromatic heterocycles. The summed E-state index contributed by atoms with van der Waals surface area (Å²) in [6, 6.07) is 16.3. The van der Waals surface area contributed by atoms with Gasteiger partial charge in [-0.3, -0.25) is 0 Å². The second-order valence-electron chi connectivity index (χ2n) is 6.46. The highest BCUT2D eigenvalue weighted by Gasteiger charge is 2.16. The summed E-state index contributed by atoms with van der Waals surface area (Å²) in [4.78, 5) is 0. The highest BCUT2D eigenvalue weighted by atomic mass is 32.1. The Hall–Kier alpha value is -2.07. The molecule has 122 valence electrons. The molecule has 2 rings (SSSR count). The van der Waals surface area contributed by atoms with E-state index in [0.29, 0.717) is 11.7 Å². The van der Waals surface area contributed by atoms with Crippen molar-refractivity contribution in [3.63, 3.8) is 0 Å². The summed E-state index contributed by atoms with van der Waals surface area (Å²) in [6.07, 6.45) is 0. The fourth-order valence-corrected chi connectivity index (χ4v) is 2.40. The molecule has 0 amide bonds.